The monoisotopic (exact) mass is 511 g/mol. The lowest BCUT2D eigenvalue weighted by molar-refractivity contribution is -0.145. The van der Waals surface area contributed by atoms with Gasteiger partial charge in [-0.15, -0.1) is 0 Å². The van der Waals surface area contributed by atoms with Gasteiger partial charge in [0.1, 0.15) is 11.6 Å². The normalized spacial score (nSPS) is 12.2. The van der Waals surface area contributed by atoms with Crippen molar-refractivity contribution >= 4 is 16.9 Å². The summed E-state index contributed by atoms with van der Waals surface area (Å²) >= 11 is 0. The fourth-order valence-electron chi connectivity index (χ4n) is 3.80. The molecule has 1 aromatic heterocycles. The van der Waals surface area contributed by atoms with E-state index in [1.54, 1.807) is 18.3 Å². The number of H-pyrrole nitrogens is 1. The van der Waals surface area contributed by atoms with Crippen LogP contribution in [0.25, 0.3) is 10.9 Å². The number of carbonyl (C=O) groups is 1. The first kappa shape index (κ1) is 25.1. The Bertz CT molecular complexity index is 1390. The maximum atomic E-state index is 13.7. The second-order valence-corrected chi connectivity index (χ2v) is 8.01. The van der Waals surface area contributed by atoms with Crippen molar-refractivity contribution in [1.82, 2.24) is 4.98 Å². The van der Waals surface area contributed by atoms with Crippen LogP contribution in [0.4, 0.5) is 30.7 Å². The van der Waals surface area contributed by atoms with Gasteiger partial charge in [0.15, 0.2) is 5.75 Å². The second-order valence-electron chi connectivity index (χ2n) is 8.01. The maximum Gasteiger partial charge on any atom is 0.420 e. The van der Waals surface area contributed by atoms with Crippen LogP contribution in [0.3, 0.4) is 0 Å². The van der Waals surface area contributed by atoms with Crippen LogP contribution < -0.4 is 4.74 Å². The fourth-order valence-corrected chi connectivity index (χ4v) is 3.80. The van der Waals surface area contributed by atoms with E-state index in [-0.39, 0.29) is 5.75 Å². The van der Waals surface area contributed by atoms with Gasteiger partial charge in [0.25, 0.3) is 0 Å². The average molecular weight is 511 g/mol. The molecule has 188 valence electrons. The number of aromatic nitrogens is 1. The van der Waals surface area contributed by atoms with Crippen molar-refractivity contribution < 1.29 is 45.4 Å². The van der Waals surface area contributed by atoms with E-state index in [1.807, 2.05) is 0 Å². The highest BCUT2D eigenvalue weighted by atomic mass is 19.4. The van der Waals surface area contributed by atoms with Crippen molar-refractivity contribution in [2.24, 2.45) is 0 Å². The minimum absolute atomic E-state index is 0.288. The molecule has 4 rings (SSSR count). The number of hydrogen-bond acceptors (Lipinski definition) is 2. The van der Waals surface area contributed by atoms with Crippen molar-refractivity contribution in [2.45, 2.75) is 25.2 Å². The van der Waals surface area contributed by atoms with Crippen LogP contribution in [0, 0.1) is 5.82 Å². The van der Waals surface area contributed by atoms with E-state index in [4.69, 9.17) is 9.84 Å². The first-order valence-electron chi connectivity index (χ1n) is 10.4. The number of nitrogens with one attached hydrogen (secondary N) is 1. The zero-order valence-electron chi connectivity index (χ0n) is 18.1. The number of ether oxygens (including phenoxy) is 1. The summed E-state index contributed by atoms with van der Waals surface area (Å²) in [5.41, 5.74) is -2.20. The van der Waals surface area contributed by atoms with E-state index >= 15 is 0 Å². The molecule has 2 N–H and O–H groups in total. The van der Waals surface area contributed by atoms with Crippen molar-refractivity contribution in [3.05, 3.63) is 94.4 Å². The van der Waals surface area contributed by atoms with Gasteiger partial charge in [-0.2, -0.15) is 26.3 Å². The third-order valence-corrected chi connectivity index (χ3v) is 5.38. The molecule has 4 nitrogen and oxygen atoms in total. The number of fused-ring (bicyclic) bond motifs is 1. The summed E-state index contributed by atoms with van der Waals surface area (Å²) in [6, 6.07) is 10.3. The minimum Gasteiger partial charge on any atom is -0.481 e. The highest BCUT2D eigenvalue weighted by molar-refractivity contribution is 5.85. The topological polar surface area (TPSA) is 62.3 Å². The van der Waals surface area contributed by atoms with Gasteiger partial charge in [0, 0.05) is 17.1 Å². The lowest BCUT2D eigenvalue weighted by atomic mass is 10.0. The van der Waals surface area contributed by atoms with E-state index in [1.165, 1.54) is 30.3 Å². The van der Waals surface area contributed by atoms with Crippen LogP contribution in [-0.4, -0.2) is 16.1 Å². The molecule has 0 bridgehead atoms. The Morgan fingerprint density at radius 1 is 0.861 bits per heavy atom. The molecule has 11 heteroatoms. The Hall–Kier alpha value is -4.02. The smallest absolute Gasteiger partial charge is 0.420 e. The number of hydrogen-bond donors (Lipinski definition) is 2. The predicted octanol–water partition coefficient (Wildman–Crippen LogP) is 7.35. The van der Waals surface area contributed by atoms with E-state index < -0.39 is 53.0 Å². The molecule has 0 amide bonds. The van der Waals surface area contributed by atoms with Crippen molar-refractivity contribution in [1.29, 1.82) is 0 Å². The molecule has 0 aliphatic rings. The molecular formula is C25H16F7NO3. The molecule has 0 saturated carbocycles. The second kappa shape index (κ2) is 9.21. The largest absolute Gasteiger partial charge is 0.481 e. The molecular weight excluding hydrogens is 495 g/mol. The van der Waals surface area contributed by atoms with Gasteiger partial charge >= 0.3 is 18.3 Å². The summed E-state index contributed by atoms with van der Waals surface area (Å²) in [7, 11) is 0. The van der Waals surface area contributed by atoms with Crippen LogP contribution in [0.15, 0.2) is 60.8 Å². The third-order valence-electron chi connectivity index (χ3n) is 5.38. The Labute approximate surface area is 198 Å². The molecule has 0 spiro atoms. The summed E-state index contributed by atoms with van der Waals surface area (Å²) in [6.07, 6.45) is -9.60. The fraction of sp³-hybridized carbons (Fsp3) is 0.160. The summed E-state index contributed by atoms with van der Waals surface area (Å²) < 4.78 is 101. The van der Waals surface area contributed by atoms with E-state index in [0.717, 1.165) is 5.56 Å². The summed E-state index contributed by atoms with van der Waals surface area (Å²) in [6.45, 7) is 0. The number of halogens is 7. The maximum absolute atomic E-state index is 13.7. The lowest BCUT2D eigenvalue weighted by Gasteiger charge is -2.20. The number of rotatable bonds is 6. The van der Waals surface area contributed by atoms with E-state index in [9.17, 15) is 35.5 Å². The van der Waals surface area contributed by atoms with Crippen molar-refractivity contribution in [3.8, 4) is 11.5 Å². The molecule has 3 aromatic carbocycles. The lowest BCUT2D eigenvalue weighted by Crippen LogP contribution is -2.16. The van der Waals surface area contributed by atoms with Gasteiger partial charge in [0.2, 0.25) is 0 Å². The van der Waals surface area contributed by atoms with Gasteiger partial charge in [-0.05, 0) is 65.6 Å². The van der Waals surface area contributed by atoms with Crippen LogP contribution in [-0.2, 0) is 30.0 Å². The number of aliphatic carboxylic acids is 1. The molecule has 0 unspecified atom stereocenters. The van der Waals surface area contributed by atoms with Gasteiger partial charge in [-0.25, -0.2) is 4.39 Å². The van der Waals surface area contributed by atoms with E-state index in [2.05, 4.69) is 4.98 Å². The molecule has 36 heavy (non-hydrogen) atoms. The molecule has 4 aromatic rings. The number of aromatic amines is 1. The first-order valence-corrected chi connectivity index (χ1v) is 10.4. The summed E-state index contributed by atoms with van der Waals surface area (Å²) in [5, 5.41) is 9.36. The highest BCUT2D eigenvalue weighted by Gasteiger charge is 2.43. The van der Waals surface area contributed by atoms with Crippen LogP contribution >= 0.6 is 0 Å². The first-order chi connectivity index (χ1) is 16.8. The molecule has 0 fully saturated rings. The third kappa shape index (κ3) is 5.45. The predicted molar refractivity (Wildman–Crippen MR) is 115 cm³/mol. The zero-order valence-corrected chi connectivity index (χ0v) is 18.1. The highest BCUT2D eigenvalue weighted by Crippen LogP contribution is 2.47. The van der Waals surface area contributed by atoms with Gasteiger partial charge in [-0.3, -0.25) is 4.79 Å². The van der Waals surface area contributed by atoms with Crippen molar-refractivity contribution in [2.75, 3.05) is 0 Å². The number of carboxylic acid groups (broad SMARTS) is 1. The number of alkyl halides is 6. The van der Waals surface area contributed by atoms with Crippen molar-refractivity contribution in [3.63, 3.8) is 0 Å². The van der Waals surface area contributed by atoms with Gasteiger partial charge < -0.3 is 14.8 Å². The van der Waals surface area contributed by atoms with Gasteiger partial charge in [-0.1, -0.05) is 12.1 Å². The van der Waals surface area contributed by atoms with Crippen LogP contribution in [0.2, 0.25) is 0 Å². The Kier molecular flexibility index (Phi) is 6.42. The Morgan fingerprint density at radius 3 is 2.03 bits per heavy atom. The average Bonchev–Trinajstić information content (AvgIpc) is 3.16. The Morgan fingerprint density at radius 2 is 1.47 bits per heavy atom. The zero-order chi connectivity index (χ0) is 26.3. The molecule has 0 atom stereocenters. The van der Waals surface area contributed by atoms with Crippen LogP contribution in [0.1, 0.15) is 27.8 Å². The van der Waals surface area contributed by atoms with Gasteiger partial charge in [0.05, 0.1) is 17.5 Å². The minimum atomic E-state index is -5.25. The number of benzene rings is 3. The molecule has 1 heterocycles. The van der Waals surface area contributed by atoms with Crippen LogP contribution in [0.5, 0.6) is 11.5 Å². The van der Waals surface area contributed by atoms with E-state index in [0.29, 0.717) is 35.0 Å². The molecule has 0 saturated heterocycles. The standard InChI is InChI=1S/C25H16F7NO3/c26-16-3-1-13(2-4-16)7-15-12-33-21-6-5-17(11-18(15)21)36-23-19(24(27,28)29)8-14(10-22(34)35)9-20(23)25(30,31)32/h1-6,8-9,11-12,33H,7,10H2,(H,34,35). The molecule has 0 aliphatic carbocycles. The number of carboxylic acids is 1. The molecule has 0 radical (unpaired) electrons. The molecule has 0 aliphatic heterocycles. The Balaban J connectivity index is 1.79. The summed E-state index contributed by atoms with van der Waals surface area (Å²) in [5.74, 6) is -3.77. The SMILES string of the molecule is O=C(O)Cc1cc(C(F)(F)F)c(Oc2ccc3[nH]cc(Cc4ccc(F)cc4)c3c2)c(C(F)(F)F)c1. The quantitative estimate of drug-likeness (QED) is 0.266. The summed E-state index contributed by atoms with van der Waals surface area (Å²) in [4.78, 5) is 13.9.